The van der Waals surface area contributed by atoms with Gasteiger partial charge >= 0.3 is 6.03 Å². The first-order valence-corrected chi connectivity index (χ1v) is 6.78. The van der Waals surface area contributed by atoms with E-state index in [4.69, 9.17) is 0 Å². The zero-order valence-corrected chi connectivity index (χ0v) is 10.6. The van der Waals surface area contributed by atoms with Crippen molar-refractivity contribution in [2.45, 2.75) is 24.8 Å². The van der Waals surface area contributed by atoms with Gasteiger partial charge in [0, 0.05) is 19.6 Å². The van der Waals surface area contributed by atoms with Crippen LogP contribution in [0.5, 0.6) is 0 Å². The largest absolute Gasteiger partial charge is 0.325 e. The lowest BCUT2D eigenvalue weighted by atomic mass is 9.99. The van der Waals surface area contributed by atoms with Crippen LogP contribution in [0, 0.1) is 0 Å². The summed E-state index contributed by atoms with van der Waals surface area (Å²) in [5.74, 6) is -0.0447. The Hall–Kier alpha value is -1.14. The molecule has 3 heterocycles. The summed E-state index contributed by atoms with van der Waals surface area (Å²) < 4.78 is 0. The normalized spacial score (nSPS) is 32.8. The molecule has 0 aromatic heterocycles. The molecule has 3 saturated heterocycles. The van der Waals surface area contributed by atoms with Gasteiger partial charge in [0.1, 0.15) is 5.54 Å². The Labute approximate surface area is 107 Å². The van der Waals surface area contributed by atoms with E-state index in [1.807, 2.05) is 0 Å². The molecule has 6 heteroatoms. The predicted octanol–water partition coefficient (Wildman–Crippen LogP) is -0.634. The Morgan fingerprint density at radius 3 is 2.61 bits per heavy atom. The number of amides is 3. The highest BCUT2D eigenvalue weighted by atomic mass is 16.2. The Balaban J connectivity index is 1.61. The lowest BCUT2D eigenvalue weighted by molar-refractivity contribution is -0.130. The fourth-order valence-corrected chi connectivity index (χ4v) is 3.11. The molecule has 0 saturated carbocycles. The zero-order valence-electron chi connectivity index (χ0n) is 10.6. The third kappa shape index (κ3) is 1.89. The number of imide groups is 1. The van der Waals surface area contributed by atoms with Crippen LogP contribution in [0.1, 0.15) is 19.3 Å². The average molecular weight is 252 g/mol. The number of urea groups is 1. The van der Waals surface area contributed by atoms with Crippen LogP contribution < -0.4 is 10.6 Å². The van der Waals surface area contributed by atoms with Crippen molar-refractivity contribution in [3.8, 4) is 0 Å². The molecule has 0 aliphatic carbocycles. The minimum Gasteiger partial charge on any atom is -0.322 e. The third-order valence-electron chi connectivity index (χ3n) is 4.24. The molecule has 3 amide bonds. The number of hydrogen-bond acceptors (Lipinski definition) is 4. The van der Waals surface area contributed by atoms with Gasteiger partial charge in [-0.2, -0.15) is 0 Å². The molecule has 3 rings (SSSR count). The number of likely N-dealkylation sites (tertiary alicyclic amines) is 1. The van der Waals surface area contributed by atoms with Gasteiger partial charge in [-0.15, -0.1) is 0 Å². The van der Waals surface area contributed by atoms with Gasteiger partial charge in [-0.1, -0.05) is 0 Å². The second-order valence-electron chi connectivity index (χ2n) is 5.44. The van der Waals surface area contributed by atoms with Crippen LogP contribution >= 0.6 is 0 Å². The molecule has 0 radical (unpaired) electrons. The van der Waals surface area contributed by atoms with Crippen LogP contribution in [0.2, 0.25) is 0 Å². The van der Waals surface area contributed by atoms with Crippen molar-refractivity contribution < 1.29 is 9.59 Å². The van der Waals surface area contributed by atoms with Crippen molar-refractivity contribution in [1.29, 1.82) is 0 Å². The zero-order chi connectivity index (χ0) is 12.6. The van der Waals surface area contributed by atoms with E-state index in [1.54, 1.807) is 0 Å². The summed E-state index contributed by atoms with van der Waals surface area (Å²) in [7, 11) is 0. The fourth-order valence-electron chi connectivity index (χ4n) is 3.11. The molecule has 6 nitrogen and oxygen atoms in total. The molecule has 1 unspecified atom stereocenters. The number of nitrogens with zero attached hydrogens (tertiary/aromatic N) is 2. The van der Waals surface area contributed by atoms with Gasteiger partial charge in [0.25, 0.3) is 5.91 Å². The van der Waals surface area contributed by atoms with E-state index in [1.165, 1.54) is 17.7 Å². The Kier molecular flexibility index (Phi) is 2.99. The minimum atomic E-state index is -0.651. The van der Waals surface area contributed by atoms with Gasteiger partial charge in [-0.25, -0.2) is 4.79 Å². The molecule has 0 bridgehead atoms. The molecule has 0 aromatic carbocycles. The summed E-state index contributed by atoms with van der Waals surface area (Å²) in [6, 6.07) is -0.220. The molecular weight excluding hydrogens is 232 g/mol. The molecular formula is C12H20N4O2. The van der Waals surface area contributed by atoms with Gasteiger partial charge in [0.05, 0.1) is 0 Å². The quantitative estimate of drug-likeness (QED) is 0.656. The van der Waals surface area contributed by atoms with Crippen LogP contribution in [-0.2, 0) is 4.79 Å². The number of rotatable bonds is 3. The predicted molar refractivity (Wildman–Crippen MR) is 66.1 cm³/mol. The summed E-state index contributed by atoms with van der Waals surface area (Å²) in [6.45, 7) is 4.88. The van der Waals surface area contributed by atoms with E-state index >= 15 is 0 Å². The number of nitrogens with one attached hydrogen (secondary N) is 2. The van der Waals surface area contributed by atoms with Crippen LogP contribution in [0.3, 0.4) is 0 Å². The van der Waals surface area contributed by atoms with Crippen molar-refractivity contribution >= 4 is 11.9 Å². The molecule has 2 N–H and O–H groups in total. The van der Waals surface area contributed by atoms with Gasteiger partial charge in [0.2, 0.25) is 0 Å². The number of hydrogen-bond donors (Lipinski definition) is 2. The summed E-state index contributed by atoms with van der Waals surface area (Å²) in [5.41, 5.74) is -0.651. The highest BCUT2D eigenvalue weighted by Crippen LogP contribution is 2.24. The smallest absolute Gasteiger partial charge is 0.322 e. The SMILES string of the molecule is O=C1NC2(CCNC2)C(=O)N1CCN1CCCC1. The van der Waals surface area contributed by atoms with Crippen LogP contribution in [0.15, 0.2) is 0 Å². The maximum absolute atomic E-state index is 12.3. The van der Waals surface area contributed by atoms with E-state index in [9.17, 15) is 9.59 Å². The number of carbonyl (C=O) groups excluding carboxylic acids is 2. The van der Waals surface area contributed by atoms with Gasteiger partial charge in [-0.3, -0.25) is 9.69 Å². The van der Waals surface area contributed by atoms with E-state index < -0.39 is 5.54 Å². The van der Waals surface area contributed by atoms with E-state index in [-0.39, 0.29) is 11.9 Å². The maximum atomic E-state index is 12.3. The van der Waals surface area contributed by atoms with Gasteiger partial charge in [0.15, 0.2) is 0 Å². The first-order valence-electron chi connectivity index (χ1n) is 6.78. The Morgan fingerprint density at radius 2 is 1.94 bits per heavy atom. The van der Waals surface area contributed by atoms with Crippen molar-refractivity contribution in [2.75, 3.05) is 39.3 Å². The van der Waals surface area contributed by atoms with Crippen molar-refractivity contribution in [3.05, 3.63) is 0 Å². The summed E-state index contributed by atoms with van der Waals surface area (Å²) >= 11 is 0. The lowest BCUT2D eigenvalue weighted by Crippen LogP contribution is -2.49. The topological polar surface area (TPSA) is 64.7 Å². The average Bonchev–Trinajstić information content (AvgIpc) is 3.03. The van der Waals surface area contributed by atoms with Gasteiger partial charge in [-0.05, 0) is 38.9 Å². The van der Waals surface area contributed by atoms with Crippen molar-refractivity contribution in [3.63, 3.8) is 0 Å². The molecule has 0 aromatic rings. The first kappa shape index (κ1) is 11.9. The second-order valence-corrected chi connectivity index (χ2v) is 5.44. The number of carbonyl (C=O) groups is 2. The molecule has 1 atom stereocenters. The molecule has 18 heavy (non-hydrogen) atoms. The highest BCUT2D eigenvalue weighted by molar-refractivity contribution is 6.07. The summed E-state index contributed by atoms with van der Waals surface area (Å²) in [5, 5.41) is 6.01. The molecule has 1 spiro atoms. The van der Waals surface area contributed by atoms with Crippen molar-refractivity contribution in [2.24, 2.45) is 0 Å². The summed E-state index contributed by atoms with van der Waals surface area (Å²) in [4.78, 5) is 27.9. The van der Waals surface area contributed by atoms with E-state index in [0.29, 0.717) is 19.5 Å². The van der Waals surface area contributed by atoms with Gasteiger partial charge < -0.3 is 15.5 Å². The van der Waals surface area contributed by atoms with Crippen LogP contribution in [0.25, 0.3) is 0 Å². The maximum Gasteiger partial charge on any atom is 0.325 e. The second kappa shape index (κ2) is 4.51. The first-order chi connectivity index (χ1) is 8.71. The minimum absolute atomic E-state index is 0.0447. The van der Waals surface area contributed by atoms with Crippen molar-refractivity contribution in [1.82, 2.24) is 20.4 Å². The molecule has 3 aliphatic heterocycles. The molecule has 3 aliphatic rings. The lowest BCUT2D eigenvalue weighted by Gasteiger charge is -2.21. The summed E-state index contributed by atoms with van der Waals surface area (Å²) in [6.07, 6.45) is 3.17. The Bertz CT molecular complexity index is 359. The van der Waals surface area contributed by atoms with Crippen LogP contribution in [-0.4, -0.2) is 66.5 Å². The third-order valence-corrected chi connectivity index (χ3v) is 4.24. The van der Waals surface area contributed by atoms with Crippen LogP contribution in [0.4, 0.5) is 4.79 Å². The van der Waals surface area contributed by atoms with E-state index in [2.05, 4.69) is 15.5 Å². The fraction of sp³-hybridized carbons (Fsp3) is 0.833. The highest BCUT2D eigenvalue weighted by Gasteiger charge is 2.52. The van der Waals surface area contributed by atoms with E-state index in [0.717, 1.165) is 26.2 Å². The monoisotopic (exact) mass is 252 g/mol. The molecule has 3 fully saturated rings. The Morgan fingerprint density at radius 1 is 1.17 bits per heavy atom. The molecule has 100 valence electrons. The standard InChI is InChI=1S/C12H20N4O2/c17-10-12(3-4-13-9-12)14-11(18)16(10)8-7-15-5-1-2-6-15/h13H,1-9H2,(H,14,18).